The summed E-state index contributed by atoms with van der Waals surface area (Å²) in [6.45, 7) is 0.569. The molecule has 3 rings (SSSR count). The lowest BCUT2D eigenvalue weighted by Crippen LogP contribution is -2.72. The molecule has 0 radical (unpaired) electrons. The SMILES string of the molecule is COc1ccc(CN2C(=O)[C@@H](N(Cc3ccccc3)C(=O)O)[C@H]2CN)c(OC)c1. The molecule has 1 heterocycles. The fourth-order valence-corrected chi connectivity index (χ4v) is 3.61. The first-order chi connectivity index (χ1) is 14.0. The van der Waals surface area contributed by atoms with Gasteiger partial charge in [-0.25, -0.2) is 4.79 Å². The van der Waals surface area contributed by atoms with Crippen molar-refractivity contribution in [3.8, 4) is 11.5 Å². The lowest BCUT2D eigenvalue weighted by atomic mass is 9.92. The molecule has 2 amide bonds. The minimum absolute atomic E-state index is 0.128. The van der Waals surface area contributed by atoms with Crippen molar-refractivity contribution in [2.45, 2.75) is 25.2 Å². The third kappa shape index (κ3) is 4.12. The molecule has 1 aliphatic heterocycles. The number of ether oxygens (including phenoxy) is 2. The maximum absolute atomic E-state index is 12.9. The average Bonchev–Trinajstić information content (AvgIpc) is 2.74. The van der Waals surface area contributed by atoms with Crippen LogP contribution in [0.15, 0.2) is 48.5 Å². The highest BCUT2D eigenvalue weighted by Crippen LogP contribution is 2.32. The Hall–Kier alpha value is -3.26. The van der Waals surface area contributed by atoms with Crippen molar-refractivity contribution < 1.29 is 24.2 Å². The summed E-state index contributed by atoms with van der Waals surface area (Å²) in [6, 6.07) is 13.3. The lowest BCUT2D eigenvalue weighted by Gasteiger charge is -2.50. The second-order valence-corrected chi connectivity index (χ2v) is 6.79. The van der Waals surface area contributed by atoms with E-state index in [1.165, 1.54) is 0 Å². The van der Waals surface area contributed by atoms with E-state index < -0.39 is 18.2 Å². The van der Waals surface area contributed by atoms with Gasteiger partial charge in [0.15, 0.2) is 0 Å². The van der Waals surface area contributed by atoms with Gasteiger partial charge >= 0.3 is 6.09 Å². The van der Waals surface area contributed by atoms with Crippen molar-refractivity contribution in [2.75, 3.05) is 20.8 Å². The molecule has 3 N–H and O–H groups in total. The summed E-state index contributed by atoms with van der Waals surface area (Å²) in [4.78, 5) is 27.5. The number of rotatable bonds is 8. The molecule has 0 aromatic heterocycles. The predicted octanol–water partition coefficient (Wildman–Crippen LogP) is 1.92. The number of methoxy groups -OCH3 is 2. The molecule has 29 heavy (non-hydrogen) atoms. The molecule has 0 bridgehead atoms. The van der Waals surface area contributed by atoms with Crippen LogP contribution in [0.25, 0.3) is 0 Å². The van der Waals surface area contributed by atoms with E-state index in [9.17, 15) is 14.7 Å². The largest absolute Gasteiger partial charge is 0.497 e. The van der Waals surface area contributed by atoms with E-state index in [0.717, 1.165) is 16.0 Å². The van der Waals surface area contributed by atoms with Crippen molar-refractivity contribution in [3.05, 3.63) is 59.7 Å². The number of β-lactam (4-membered cyclic amide) rings is 1. The van der Waals surface area contributed by atoms with E-state index in [4.69, 9.17) is 15.2 Å². The average molecular weight is 399 g/mol. The van der Waals surface area contributed by atoms with Crippen LogP contribution in [-0.4, -0.2) is 59.8 Å². The van der Waals surface area contributed by atoms with Crippen LogP contribution < -0.4 is 15.2 Å². The van der Waals surface area contributed by atoms with E-state index in [0.29, 0.717) is 11.5 Å². The molecule has 2 aromatic carbocycles. The van der Waals surface area contributed by atoms with Gasteiger partial charge in [-0.15, -0.1) is 0 Å². The van der Waals surface area contributed by atoms with Crippen LogP contribution in [-0.2, 0) is 17.9 Å². The van der Waals surface area contributed by atoms with Gasteiger partial charge in [0.05, 0.1) is 20.3 Å². The van der Waals surface area contributed by atoms with Gasteiger partial charge in [-0.1, -0.05) is 30.3 Å². The summed E-state index contributed by atoms with van der Waals surface area (Å²) >= 11 is 0. The fourth-order valence-electron chi connectivity index (χ4n) is 3.61. The zero-order valence-corrected chi connectivity index (χ0v) is 16.4. The first kappa shape index (κ1) is 20.5. The van der Waals surface area contributed by atoms with Gasteiger partial charge in [0.2, 0.25) is 5.91 Å². The van der Waals surface area contributed by atoms with Gasteiger partial charge in [-0.3, -0.25) is 9.69 Å². The molecule has 2 aromatic rings. The maximum Gasteiger partial charge on any atom is 0.408 e. The number of nitrogens with two attached hydrogens (primary N) is 1. The zero-order valence-electron chi connectivity index (χ0n) is 16.4. The second kappa shape index (κ2) is 8.83. The molecule has 0 spiro atoms. The molecule has 8 heteroatoms. The maximum atomic E-state index is 12.9. The Balaban J connectivity index is 1.79. The molecular weight excluding hydrogens is 374 g/mol. The Morgan fingerprint density at radius 1 is 1.17 bits per heavy atom. The van der Waals surface area contributed by atoms with Crippen LogP contribution in [0, 0.1) is 0 Å². The van der Waals surface area contributed by atoms with Gasteiger partial charge in [0, 0.05) is 31.3 Å². The van der Waals surface area contributed by atoms with E-state index in [-0.39, 0.29) is 25.5 Å². The molecular formula is C21H25N3O5. The Labute approximate surface area is 169 Å². The molecule has 0 aliphatic carbocycles. The monoisotopic (exact) mass is 399 g/mol. The van der Waals surface area contributed by atoms with Crippen molar-refractivity contribution in [2.24, 2.45) is 5.73 Å². The van der Waals surface area contributed by atoms with Gasteiger partial charge in [0.1, 0.15) is 17.5 Å². The summed E-state index contributed by atoms with van der Waals surface area (Å²) in [5.74, 6) is 0.973. The number of carbonyl (C=O) groups excluding carboxylic acids is 1. The smallest absolute Gasteiger partial charge is 0.408 e. The van der Waals surface area contributed by atoms with Crippen LogP contribution in [0.1, 0.15) is 11.1 Å². The number of amides is 2. The molecule has 8 nitrogen and oxygen atoms in total. The standard InChI is InChI=1S/C21H25N3O5/c1-28-16-9-8-15(18(10-16)29-2)13-23-17(11-22)19(20(23)25)24(21(26)27)12-14-6-4-3-5-7-14/h3-10,17,19H,11-13,22H2,1-2H3,(H,26,27)/t17-,19+/m1/s1. The number of nitrogens with zero attached hydrogens (tertiary/aromatic N) is 2. The van der Waals surface area contributed by atoms with Gasteiger partial charge in [0.25, 0.3) is 0 Å². The highest BCUT2D eigenvalue weighted by Gasteiger charge is 2.51. The minimum Gasteiger partial charge on any atom is -0.497 e. The summed E-state index contributed by atoms with van der Waals surface area (Å²) < 4.78 is 10.6. The zero-order chi connectivity index (χ0) is 21.0. The van der Waals surface area contributed by atoms with Gasteiger partial charge < -0.3 is 25.2 Å². The molecule has 1 aliphatic rings. The minimum atomic E-state index is -1.15. The van der Waals surface area contributed by atoms with Crippen LogP contribution in [0.4, 0.5) is 4.79 Å². The molecule has 154 valence electrons. The fraction of sp³-hybridized carbons (Fsp3) is 0.333. The molecule has 2 atom stereocenters. The molecule has 1 saturated heterocycles. The first-order valence-corrected chi connectivity index (χ1v) is 9.25. The third-order valence-corrected chi connectivity index (χ3v) is 5.15. The number of hydrogen-bond donors (Lipinski definition) is 2. The summed E-state index contributed by atoms with van der Waals surface area (Å²) in [5, 5.41) is 9.70. The summed E-state index contributed by atoms with van der Waals surface area (Å²) in [6.07, 6.45) is -1.15. The molecule has 0 saturated carbocycles. The molecule has 1 fully saturated rings. The van der Waals surface area contributed by atoms with Gasteiger partial charge in [-0.2, -0.15) is 0 Å². The summed E-state index contributed by atoms with van der Waals surface area (Å²) in [5.41, 5.74) is 7.52. The number of hydrogen-bond acceptors (Lipinski definition) is 5. The Morgan fingerprint density at radius 3 is 2.48 bits per heavy atom. The van der Waals surface area contributed by atoms with E-state index in [1.807, 2.05) is 36.4 Å². The number of benzene rings is 2. The summed E-state index contributed by atoms with van der Waals surface area (Å²) in [7, 11) is 3.11. The lowest BCUT2D eigenvalue weighted by molar-refractivity contribution is -0.158. The van der Waals surface area contributed by atoms with Crippen molar-refractivity contribution in [1.29, 1.82) is 0 Å². The van der Waals surface area contributed by atoms with Crippen LogP contribution in [0.2, 0.25) is 0 Å². The quantitative estimate of drug-likeness (QED) is 0.657. The molecule has 0 unspecified atom stereocenters. The highest BCUT2D eigenvalue weighted by atomic mass is 16.5. The normalized spacial score (nSPS) is 18.2. The van der Waals surface area contributed by atoms with Crippen LogP contribution in [0.5, 0.6) is 11.5 Å². The second-order valence-electron chi connectivity index (χ2n) is 6.79. The van der Waals surface area contributed by atoms with Gasteiger partial charge in [-0.05, 0) is 17.7 Å². The Kier molecular flexibility index (Phi) is 6.23. The number of carbonyl (C=O) groups is 2. The number of likely N-dealkylation sites (tertiary alicyclic amines) is 1. The van der Waals surface area contributed by atoms with Crippen LogP contribution >= 0.6 is 0 Å². The van der Waals surface area contributed by atoms with Crippen molar-refractivity contribution >= 4 is 12.0 Å². The highest BCUT2D eigenvalue weighted by molar-refractivity contribution is 5.92. The van der Waals surface area contributed by atoms with Crippen molar-refractivity contribution in [1.82, 2.24) is 9.80 Å². The predicted molar refractivity (Wildman–Crippen MR) is 107 cm³/mol. The topological polar surface area (TPSA) is 105 Å². The number of carboxylic acid groups (broad SMARTS) is 1. The Morgan fingerprint density at radius 2 is 1.90 bits per heavy atom. The first-order valence-electron chi connectivity index (χ1n) is 9.25. The third-order valence-electron chi connectivity index (χ3n) is 5.15. The van der Waals surface area contributed by atoms with E-state index in [1.54, 1.807) is 31.3 Å². The van der Waals surface area contributed by atoms with Crippen molar-refractivity contribution in [3.63, 3.8) is 0 Å². The van der Waals surface area contributed by atoms with E-state index in [2.05, 4.69) is 0 Å². The van der Waals surface area contributed by atoms with E-state index >= 15 is 0 Å². The Bertz CT molecular complexity index is 874. The van der Waals surface area contributed by atoms with Crippen LogP contribution in [0.3, 0.4) is 0 Å².